The zero-order valence-electron chi connectivity index (χ0n) is 9.42. The topological polar surface area (TPSA) is 47.3 Å². The molecule has 0 radical (unpaired) electrons. The van der Waals surface area contributed by atoms with Crippen molar-refractivity contribution in [1.82, 2.24) is 0 Å². The molecule has 0 saturated carbocycles. The minimum atomic E-state index is 0.590. The van der Waals surface area contributed by atoms with Crippen molar-refractivity contribution in [3.05, 3.63) is 35.4 Å². The van der Waals surface area contributed by atoms with Crippen LogP contribution in [-0.2, 0) is 4.74 Å². The fraction of sp³-hybridized carbons (Fsp3) is 0.333. The van der Waals surface area contributed by atoms with Crippen LogP contribution >= 0.6 is 11.6 Å². The summed E-state index contributed by atoms with van der Waals surface area (Å²) in [5, 5.41) is 3.83. The van der Waals surface area contributed by atoms with Gasteiger partial charge in [-0.25, -0.2) is 0 Å². The lowest BCUT2D eigenvalue weighted by Gasteiger charge is -2.10. The standard InChI is InChI=1S/C12H17ClN2O/c1-9(2)8-16-6-5-15-12-7-10(13)3-4-11(12)14/h3-4,7,15H,1,5-6,8,14H2,2H3. The van der Waals surface area contributed by atoms with Crippen molar-refractivity contribution >= 4 is 23.0 Å². The first-order chi connectivity index (χ1) is 7.59. The van der Waals surface area contributed by atoms with Gasteiger partial charge in [0.25, 0.3) is 0 Å². The maximum atomic E-state index is 5.86. The van der Waals surface area contributed by atoms with Crippen molar-refractivity contribution in [3.8, 4) is 0 Å². The molecule has 1 aromatic rings. The first-order valence-electron chi connectivity index (χ1n) is 5.10. The fourth-order valence-corrected chi connectivity index (χ4v) is 1.36. The molecule has 0 amide bonds. The van der Waals surface area contributed by atoms with Crippen molar-refractivity contribution in [2.75, 3.05) is 30.8 Å². The molecule has 0 aliphatic carbocycles. The van der Waals surface area contributed by atoms with Crippen LogP contribution in [0.5, 0.6) is 0 Å². The Morgan fingerprint density at radius 2 is 2.31 bits per heavy atom. The molecule has 1 aromatic carbocycles. The van der Waals surface area contributed by atoms with E-state index in [2.05, 4.69) is 11.9 Å². The maximum Gasteiger partial charge on any atom is 0.0672 e. The number of rotatable bonds is 6. The maximum absolute atomic E-state index is 5.86. The van der Waals surface area contributed by atoms with E-state index in [1.54, 1.807) is 18.2 Å². The first kappa shape index (κ1) is 12.9. The second-order valence-electron chi connectivity index (χ2n) is 3.67. The molecule has 0 unspecified atom stereocenters. The third-order valence-corrected chi connectivity index (χ3v) is 2.16. The molecule has 0 aliphatic rings. The summed E-state index contributed by atoms with van der Waals surface area (Å²) >= 11 is 5.86. The monoisotopic (exact) mass is 240 g/mol. The van der Waals surface area contributed by atoms with Crippen LogP contribution in [0.3, 0.4) is 0 Å². The smallest absolute Gasteiger partial charge is 0.0672 e. The van der Waals surface area contributed by atoms with Crippen LogP contribution in [0.1, 0.15) is 6.92 Å². The third kappa shape index (κ3) is 4.55. The third-order valence-electron chi connectivity index (χ3n) is 1.93. The van der Waals surface area contributed by atoms with Crippen molar-refractivity contribution in [2.45, 2.75) is 6.92 Å². The predicted molar refractivity (Wildman–Crippen MR) is 70.0 cm³/mol. The lowest BCUT2D eigenvalue weighted by atomic mass is 10.2. The summed E-state index contributed by atoms with van der Waals surface area (Å²) in [7, 11) is 0. The van der Waals surface area contributed by atoms with E-state index in [1.165, 1.54) is 0 Å². The number of nitrogen functional groups attached to an aromatic ring is 1. The van der Waals surface area contributed by atoms with Gasteiger partial charge in [-0.1, -0.05) is 23.8 Å². The van der Waals surface area contributed by atoms with Gasteiger partial charge in [0, 0.05) is 11.6 Å². The second-order valence-corrected chi connectivity index (χ2v) is 4.10. The largest absolute Gasteiger partial charge is 0.397 e. The lowest BCUT2D eigenvalue weighted by Crippen LogP contribution is -2.11. The summed E-state index contributed by atoms with van der Waals surface area (Å²) in [5.74, 6) is 0. The van der Waals surface area contributed by atoms with E-state index in [-0.39, 0.29) is 0 Å². The molecule has 0 spiro atoms. The normalized spacial score (nSPS) is 10.1. The zero-order valence-corrected chi connectivity index (χ0v) is 10.2. The Kier molecular flexibility index (Phi) is 5.15. The summed E-state index contributed by atoms with van der Waals surface area (Å²) in [6, 6.07) is 5.34. The SMILES string of the molecule is C=C(C)COCCNc1cc(Cl)ccc1N. The van der Waals surface area contributed by atoms with Gasteiger partial charge in [0.05, 0.1) is 24.6 Å². The average Bonchev–Trinajstić information content (AvgIpc) is 2.22. The summed E-state index contributed by atoms with van der Waals surface area (Å²) in [6.45, 7) is 7.58. The number of halogens is 1. The number of nitrogens with one attached hydrogen (secondary N) is 1. The molecule has 16 heavy (non-hydrogen) atoms. The van der Waals surface area contributed by atoms with E-state index >= 15 is 0 Å². The van der Waals surface area contributed by atoms with Gasteiger partial charge in [-0.15, -0.1) is 0 Å². The molecular formula is C12H17ClN2O. The summed E-state index contributed by atoms with van der Waals surface area (Å²) in [5.41, 5.74) is 8.32. The highest BCUT2D eigenvalue weighted by Crippen LogP contribution is 2.22. The highest BCUT2D eigenvalue weighted by molar-refractivity contribution is 6.31. The van der Waals surface area contributed by atoms with Crippen molar-refractivity contribution < 1.29 is 4.74 Å². The van der Waals surface area contributed by atoms with Crippen LogP contribution in [0.4, 0.5) is 11.4 Å². The Bertz CT molecular complexity index is 366. The molecule has 0 bridgehead atoms. The lowest BCUT2D eigenvalue weighted by molar-refractivity contribution is 0.167. The van der Waals surface area contributed by atoms with E-state index in [9.17, 15) is 0 Å². The molecule has 88 valence electrons. The van der Waals surface area contributed by atoms with Crippen molar-refractivity contribution in [2.24, 2.45) is 0 Å². The van der Waals surface area contributed by atoms with Gasteiger partial charge in [-0.05, 0) is 25.1 Å². The van der Waals surface area contributed by atoms with Crippen LogP contribution in [-0.4, -0.2) is 19.8 Å². The molecule has 0 fully saturated rings. The molecule has 3 N–H and O–H groups in total. The molecule has 3 nitrogen and oxygen atoms in total. The van der Waals surface area contributed by atoms with Crippen LogP contribution in [0.25, 0.3) is 0 Å². The van der Waals surface area contributed by atoms with E-state index in [4.69, 9.17) is 22.1 Å². The Hall–Kier alpha value is -1.19. The van der Waals surface area contributed by atoms with E-state index < -0.39 is 0 Å². The van der Waals surface area contributed by atoms with Gasteiger partial charge >= 0.3 is 0 Å². The molecule has 1 rings (SSSR count). The van der Waals surface area contributed by atoms with E-state index in [0.29, 0.717) is 30.5 Å². The molecule has 0 atom stereocenters. The molecule has 0 saturated heterocycles. The summed E-state index contributed by atoms with van der Waals surface area (Å²) in [6.07, 6.45) is 0. The summed E-state index contributed by atoms with van der Waals surface area (Å²) in [4.78, 5) is 0. The molecule has 4 heteroatoms. The van der Waals surface area contributed by atoms with Crippen LogP contribution < -0.4 is 11.1 Å². The molecule has 0 aliphatic heterocycles. The Morgan fingerprint density at radius 3 is 3.00 bits per heavy atom. The average molecular weight is 241 g/mol. The fourth-order valence-electron chi connectivity index (χ4n) is 1.19. The van der Waals surface area contributed by atoms with Crippen LogP contribution in [0, 0.1) is 0 Å². The van der Waals surface area contributed by atoms with Crippen molar-refractivity contribution in [1.29, 1.82) is 0 Å². The molecular weight excluding hydrogens is 224 g/mol. The van der Waals surface area contributed by atoms with Crippen molar-refractivity contribution in [3.63, 3.8) is 0 Å². The van der Waals surface area contributed by atoms with E-state index in [1.807, 2.05) is 6.92 Å². The second kappa shape index (κ2) is 6.40. The zero-order chi connectivity index (χ0) is 12.0. The van der Waals surface area contributed by atoms with Gasteiger partial charge in [0.15, 0.2) is 0 Å². The molecule has 0 heterocycles. The van der Waals surface area contributed by atoms with Crippen LogP contribution in [0.2, 0.25) is 5.02 Å². The minimum Gasteiger partial charge on any atom is -0.397 e. The van der Waals surface area contributed by atoms with Gasteiger partial charge < -0.3 is 15.8 Å². The van der Waals surface area contributed by atoms with E-state index in [0.717, 1.165) is 11.3 Å². The van der Waals surface area contributed by atoms with Gasteiger partial charge in [0.2, 0.25) is 0 Å². The predicted octanol–water partition coefficient (Wildman–Crippen LogP) is 2.93. The van der Waals surface area contributed by atoms with Gasteiger partial charge in [-0.2, -0.15) is 0 Å². The Labute approximate surface area is 101 Å². The number of nitrogens with two attached hydrogens (primary N) is 1. The first-order valence-corrected chi connectivity index (χ1v) is 5.48. The number of ether oxygens (including phenoxy) is 1. The Balaban J connectivity index is 2.31. The quantitative estimate of drug-likeness (QED) is 0.457. The Morgan fingerprint density at radius 1 is 1.56 bits per heavy atom. The van der Waals surface area contributed by atoms with Crippen LogP contribution in [0.15, 0.2) is 30.4 Å². The number of hydrogen-bond donors (Lipinski definition) is 2. The van der Waals surface area contributed by atoms with Gasteiger partial charge in [-0.3, -0.25) is 0 Å². The highest BCUT2D eigenvalue weighted by atomic mass is 35.5. The number of anilines is 2. The molecule has 0 aromatic heterocycles. The number of hydrogen-bond acceptors (Lipinski definition) is 3. The van der Waals surface area contributed by atoms with Gasteiger partial charge in [0.1, 0.15) is 0 Å². The highest BCUT2D eigenvalue weighted by Gasteiger charge is 1.99. The minimum absolute atomic E-state index is 0.590. The summed E-state index contributed by atoms with van der Waals surface area (Å²) < 4.78 is 5.35. The number of benzene rings is 1.